The third-order valence-electron chi connectivity index (χ3n) is 3.05. The molecule has 1 rings (SSSR count). The number of aldehydes is 1. The van der Waals surface area contributed by atoms with E-state index in [1.54, 1.807) is 7.11 Å². The summed E-state index contributed by atoms with van der Waals surface area (Å²) >= 11 is 0. The Labute approximate surface area is 89.9 Å². The Morgan fingerprint density at radius 2 is 2.07 bits per heavy atom. The number of rotatable bonds is 6. The minimum Gasteiger partial charge on any atom is -0.465 e. The third-order valence-corrected chi connectivity index (χ3v) is 3.05. The minimum absolute atomic E-state index is 0.174. The Hall–Kier alpha value is -0.900. The van der Waals surface area contributed by atoms with Crippen LogP contribution in [0.5, 0.6) is 0 Å². The number of esters is 1. The summed E-state index contributed by atoms with van der Waals surface area (Å²) in [4.78, 5) is 22.2. The van der Waals surface area contributed by atoms with Gasteiger partial charge < -0.3 is 14.3 Å². The smallest absolute Gasteiger partial charge is 0.310 e. The fraction of sp³-hybridized carbons (Fsp3) is 0.818. The maximum atomic E-state index is 11.5. The summed E-state index contributed by atoms with van der Waals surface area (Å²) in [6.45, 7) is 4.77. The Kier molecular flexibility index (Phi) is 3.85. The van der Waals surface area contributed by atoms with Crippen molar-refractivity contribution in [2.45, 2.75) is 20.3 Å². The summed E-state index contributed by atoms with van der Waals surface area (Å²) in [5.74, 6) is -0.682. The van der Waals surface area contributed by atoms with Crippen LogP contribution < -0.4 is 0 Å². The van der Waals surface area contributed by atoms with Gasteiger partial charge in [0.25, 0.3) is 0 Å². The Morgan fingerprint density at radius 1 is 1.40 bits per heavy atom. The fourth-order valence-corrected chi connectivity index (χ4v) is 1.85. The van der Waals surface area contributed by atoms with E-state index in [0.29, 0.717) is 19.6 Å². The van der Waals surface area contributed by atoms with Crippen LogP contribution in [0.15, 0.2) is 0 Å². The molecule has 1 saturated carbocycles. The molecule has 0 aliphatic heterocycles. The first-order valence-corrected chi connectivity index (χ1v) is 5.16. The van der Waals surface area contributed by atoms with E-state index in [1.165, 1.54) is 0 Å². The molecular weight excluding hydrogens is 196 g/mol. The highest BCUT2D eigenvalue weighted by atomic mass is 16.5. The van der Waals surface area contributed by atoms with Gasteiger partial charge >= 0.3 is 5.97 Å². The van der Waals surface area contributed by atoms with Crippen LogP contribution in [0.2, 0.25) is 0 Å². The zero-order valence-corrected chi connectivity index (χ0v) is 9.49. The first-order valence-electron chi connectivity index (χ1n) is 5.16. The van der Waals surface area contributed by atoms with Crippen LogP contribution in [0.4, 0.5) is 0 Å². The summed E-state index contributed by atoms with van der Waals surface area (Å²) in [7, 11) is 1.61. The van der Waals surface area contributed by atoms with Gasteiger partial charge in [0.1, 0.15) is 6.29 Å². The van der Waals surface area contributed by atoms with Crippen LogP contribution in [0.25, 0.3) is 0 Å². The number of carbonyl (C=O) groups is 2. The normalized spacial score (nSPS) is 27.1. The molecule has 0 N–H and O–H groups in total. The predicted octanol–water partition coefficient (Wildman–Crippen LogP) is 1.04. The number of ether oxygens (including phenoxy) is 2. The SMILES string of the molecule is COCCCOC(=O)C1C(C=O)C1(C)C. The maximum absolute atomic E-state index is 11.5. The number of carbonyl (C=O) groups excluding carboxylic acids is 2. The second kappa shape index (κ2) is 4.75. The molecule has 2 atom stereocenters. The number of hydrogen-bond acceptors (Lipinski definition) is 4. The molecule has 1 aliphatic carbocycles. The molecule has 1 aliphatic rings. The highest BCUT2D eigenvalue weighted by molar-refractivity contribution is 5.84. The van der Waals surface area contributed by atoms with Gasteiger partial charge in [0.2, 0.25) is 0 Å². The van der Waals surface area contributed by atoms with E-state index in [9.17, 15) is 9.59 Å². The molecule has 0 spiro atoms. The average Bonchev–Trinajstić information content (AvgIpc) is 2.75. The van der Waals surface area contributed by atoms with Crippen LogP contribution >= 0.6 is 0 Å². The standard InChI is InChI=1S/C11H18O4/c1-11(2)8(7-12)9(11)10(13)15-6-4-5-14-3/h7-9H,4-6H2,1-3H3. The molecule has 0 saturated heterocycles. The van der Waals surface area contributed by atoms with Gasteiger partial charge in [-0.1, -0.05) is 13.8 Å². The lowest BCUT2D eigenvalue weighted by molar-refractivity contribution is -0.147. The molecule has 15 heavy (non-hydrogen) atoms. The van der Waals surface area contributed by atoms with Gasteiger partial charge in [0, 0.05) is 26.1 Å². The molecule has 0 aromatic rings. The van der Waals surface area contributed by atoms with Crippen molar-refractivity contribution in [1.82, 2.24) is 0 Å². The number of methoxy groups -OCH3 is 1. The molecule has 0 aromatic heterocycles. The largest absolute Gasteiger partial charge is 0.465 e. The summed E-state index contributed by atoms with van der Waals surface area (Å²) < 4.78 is 9.89. The van der Waals surface area contributed by atoms with E-state index in [0.717, 1.165) is 6.29 Å². The second-order valence-electron chi connectivity index (χ2n) is 4.47. The van der Waals surface area contributed by atoms with Gasteiger partial charge in [0.15, 0.2) is 0 Å². The van der Waals surface area contributed by atoms with Crippen LogP contribution in [-0.2, 0) is 19.1 Å². The molecule has 0 bridgehead atoms. The lowest BCUT2D eigenvalue weighted by Gasteiger charge is -2.04. The van der Waals surface area contributed by atoms with Crippen molar-refractivity contribution >= 4 is 12.3 Å². The van der Waals surface area contributed by atoms with Crippen molar-refractivity contribution in [1.29, 1.82) is 0 Å². The summed E-state index contributed by atoms with van der Waals surface area (Å²) in [5, 5.41) is 0. The maximum Gasteiger partial charge on any atom is 0.310 e. The molecule has 0 heterocycles. The van der Waals surface area contributed by atoms with E-state index < -0.39 is 0 Å². The molecule has 4 nitrogen and oxygen atoms in total. The minimum atomic E-state index is -0.256. The summed E-state index contributed by atoms with van der Waals surface area (Å²) in [5.41, 5.74) is -0.222. The van der Waals surface area contributed by atoms with E-state index in [-0.39, 0.29) is 23.2 Å². The van der Waals surface area contributed by atoms with E-state index in [1.807, 2.05) is 13.8 Å². The van der Waals surface area contributed by atoms with Crippen LogP contribution in [0.3, 0.4) is 0 Å². The Balaban J connectivity index is 2.27. The summed E-state index contributed by atoms with van der Waals surface area (Å²) in [6.07, 6.45) is 1.54. The van der Waals surface area contributed by atoms with Gasteiger partial charge in [0.05, 0.1) is 12.5 Å². The molecule has 2 unspecified atom stereocenters. The summed E-state index contributed by atoms with van der Waals surface area (Å²) in [6, 6.07) is 0. The molecular formula is C11H18O4. The quantitative estimate of drug-likeness (QED) is 0.376. The molecule has 0 aromatic carbocycles. The van der Waals surface area contributed by atoms with E-state index >= 15 is 0 Å². The van der Waals surface area contributed by atoms with Crippen molar-refractivity contribution < 1.29 is 19.1 Å². The average molecular weight is 214 g/mol. The molecule has 86 valence electrons. The van der Waals surface area contributed by atoms with Crippen LogP contribution in [-0.4, -0.2) is 32.6 Å². The zero-order chi connectivity index (χ0) is 11.5. The second-order valence-corrected chi connectivity index (χ2v) is 4.47. The van der Waals surface area contributed by atoms with Crippen molar-refractivity contribution in [3.05, 3.63) is 0 Å². The molecule has 4 heteroatoms. The first kappa shape index (κ1) is 12.2. The lowest BCUT2D eigenvalue weighted by atomic mass is 10.1. The van der Waals surface area contributed by atoms with Gasteiger partial charge in [-0.15, -0.1) is 0 Å². The van der Waals surface area contributed by atoms with Crippen LogP contribution in [0, 0.1) is 17.3 Å². The molecule has 0 radical (unpaired) electrons. The molecule has 1 fully saturated rings. The van der Waals surface area contributed by atoms with Gasteiger partial charge in [-0.05, 0) is 5.41 Å². The predicted molar refractivity (Wildman–Crippen MR) is 54.3 cm³/mol. The van der Waals surface area contributed by atoms with Crippen molar-refractivity contribution in [2.75, 3.05) is 20.3 Å². The van der Waals surface area contributed by atoms with Crippen molar-refractivity contribution in [2.24, 2.45) is 17.3 Å². The fourth-order valence-electron chi connectivity index (χ4n) is 1.85. The zero-order valence-electron chi connectivity index (χ0n) is 9.49. The van der Waals surface area contributed by atoms with Crippen LogP contribution in [0.1, 0.15) is 20.3 Å². The monoisotopic (exact) mass is 214 g/mol. The Morgan fingerprint density at radius 3 is 2.53 bits per heavy atom. The highest BCUT2D eigenvalue weighted by Crippen LogP contribution is 2.57. The van der Waals surface area contributed by atoms with Crippen molar-refractivity contribution in [3.8, 4) is 0 Å². The topological polar surface area (TPSA) is 52.6 Å². The highest BCUT2D eigenvalue weighted by Gasteiger charge is 2.62. The van der Waals surface area contributed by atoms with E-state index in [2.05, 4.69) is 0 Å². The Bertz CT molecular complexity index is 247. The lowest BCUT2D eigenvalue weighted by Crippen LogP contribution is -2.12. The van der Waals surface area contributed by atoms with Gasteiger partial charge in [-0.3, -0.25) is 4.79 Å². The molecule has 0 amide bonds. The number of hydrogen-bond donors (Lipinski definition) is 0. The first-order chi connectivity index (χ1) is 7.05. The van der Waals surface area contributed by atoms with E-state index in [4.69, 9.17) is 9.47 Å². The van der Waals surface area contributed by atoms with Gasteiger partial charge in [-0.2, -0.15) is 0 Å². The van der Waals surface area contributed by atoms with Gasteiger partial charge in [-0.25, -0.2) is 0 Å². The third kappa shape index (κ3) is 2.56. The van der Waals surface area contributed by atoms with Crippen molar-refractivity contribution in [3.63, 3.8) is 0 Å².